The first-order chi connectivity index (χ1) is 16.4. The number of nitrogens with one attached hydrogen (secondary N) is 1. The molecule has 2 amide bonds. The topological polar surface area (TPSA) is 58.6 Å². The molecule has 3 aromatic rings. The Morgan fingerprint density at radius 3 is 2.29 bits per heavy atom. The summed E-state index contributed by atoms with van der Waals surface area (Å²) in [6.07, 6.45) is 0.424. The molecule has 0 radical (unpaired) electrons. The minimum Gasteiger partial charge on any atom is -0.483 e. The number of carbonyl (C=O) groups is 2. The number of aryl methyl sites for hydroxylation is 3. The number of hydrogen-bond donors (Lipinski definition) is 1. The minimum atomic E-state index is -0.655. The van der Waals surface area contributed by atoms with Gasteiger partial charge in [-0.05, 0) is 56.0 Å². The quantitative estimate of drug-likeness (QED) is 0.476. The van der Waals surface area contributed by atoms with Crippen LogP contribution >= 0.6 is 0 Å². The molecule has 0 fully saturated rings. The zero-order chi connectivity index (χ0) is 24.5. The summed E-state index contributed by atoms with van der Waals surface area (Å²) in [6.45, 7) is 8.57. The molecule has 3 rings (SSSR count). The summed E-state index contributed by atoms with van der Waals surface area (Å²) in [4.78, 5) is 28.4. The lowest BCUT2D eigenvalue weighted by molar-refractivity contribution is -0.142. The molecule has 0 spiro atoms. The van der Waals surface area contributed by atoms with Gasteiger partial charge in [0.1, 0.15) is 11.8 Å². The number of hydrogen-bond acceptors (Lipinski definition) is 3. The normalized spacial score (nSPS) is 11.5. The zero-order valence-electron chi connectivity index (χ0n) is 20.5. The van der Waals surface area contributed by atoms with E-state index in [1.54, 1.807) is 4.90 Å². The predicted octanol–water partition coefficient (Wildman–Crippen LogP) is 4.77. The van der Waals surface area contributed by atoms with E-state index in [9.17, 15) is 9.59 Å². The second-order valence-corrected chi connectivity index (χ2v) is 8.61. The highest BCUT2D eigenvalue weighted by Gasteiger charge is 2.30. The van der Waals surface area contributed by atoms with Crippen LogP contribution in [-0.2, 0) is 22.6 Å². The second kappa shape index (κ2) is 12.0. The van der Waals surface area contributed by atoms with Crippen LogP contribution in [0.1, 0.15) is 34.7 Å². The first-order valence-electron chi connectivity index (χ1n) is 11.7. The van der Waals surface area contributed by atoms with E-state index in [0.717, 1.165) is 27.8 Å². The number of amides is 2. The molecule has 1 atom stereocenters. The van der Waals surface area contributed by atoms with Crippen LogP contribution in [0.3, 0.4) is 0 Å². The number of carbonyl (C=O) groups excluding carboxylic acids is 2. The fraction of sp³-hybridized carbons (Fsp3) is 0.310. The fourth-order valence-corrected chi connectivity index (χ4v) is 4.00. The van der Waals surface area contributed by atoms with E-state index in [1.165, 1.54) is 0 Å². The van der Waals surface area contributed by atoms with Crippen molar-refractivity contribution in [3.8, 4) is 5.75 Å². The molecule has 0 saturated heterocycles. The van der Waals surface area contributed by atoms with E-state index in [0.29, 0.717) is 25.3 Å². The molecule has 0 aromatic heterocycles. The van der Waals surface area contributed by atoms with Crippen LogP contribution in [0, 0.1) is 20.8 Å². The van der Waals surface area contributed by atoms with Gasteiger partial charge in [0.05, 0.1) is 0 Å². The third-order valence-electron chi connectivity index (χ3n) is 5.91. The molecule has 0 aliphatic heterocycles. The average Bonchev–Trinajstić information content (AvgIpc) is 2.82. The Labute approximate surface area is 202 Å². The molecule has 0 heterocycles. The van der Waals surface area contributed by atoms with Gasteiger partial charge in [-0.2, -0.15) is 0 Å². The third kappa shape index (κ3) is 6.70. The van der Waals surface area contributed by atoms with Crippen molar-refractivity contribution in [3.63, 3.8) is 0 Å². The summed E-state index contributed by atoms with van der Waals surface area (Å²) in [7, 11) is 0. The molecule has 0 unspecified atom stereocenters. The van der Waals surface area contributed by atoms with E-state index >= 15 is 0 Å². The van der Waals surface area contributed by atoms with Crippen molar-refractivity contribution in [2.75, 3.05) is 13.2 Å². The van der Waals surface area contributed by atoms with Gasteiger partial charge in [0.25, 0.3) is 5.91 Å². The number of ether oxygens (including phenoxy) is 1. The van der Waals surface area contributed by atoms with E-state index in [-0.39, 0.29) is 18.4 Å². The first kappa shape index (κ1) is 25.0. The number of rotatable bonds is 10. The molecule has 1 N–H and O–H groups in total. The van der Waals surface area contributed by atoms with E-state index < -0.39 is 6.04 Å². The first-order valence-corrected chi connectivity index (χ1v) is 11.7. The third-order valence-corrected chi connectivity index (χ3v) is 5.91. The summed E-state index contributed by atoms with van der Waals surface area (Å²) < 4.78 is 5.92. The lowest BCUT2D eigenvalue weighted by atomic mass is 10.0. The van der Waals surface area contributed by atoms with Crippen LogP contribution in [-0.4, -0.2) is 35.9 Å². The maximum absolute atomic E-state index is 13.6. The Kier molecular flexibility index (Phi) is 8.86. The van der Waals surface area contributed by atoms with Gasteiger partial charge in [-0.1, -0.05) is 72.3 Å². The van der Waals surface area contributed by atoms with E-state index in [1.807, 2.05) is 100 Å². The summed E-state index contributed by atoms with van der Waals surface area (Å²) in [5.74, 6) is 0.280. The van der Waals surface area contributed by atoms with Crippen molar-refractivity contribution >= 4 is 11.8 Å². The zero-order valence-corrected chi connectivity index (χ0v) is 20.5. The lowest BCUT2D eigenvalue weighted by Crippen LogP contribution is -2.51. The monoisotopic (exact) mass is 458 g/mol. The highest BCUT2D eigenvalue weighted by Crippen LogP contribution is 2.20. The van der Waals surface area contributed by atoms with Crippen LogP contribution in [0.4, 0.5) is 0 Å². The van der Waals surface area contributed by atoms with Crippen molar-refractivity contribution < 1.29 is 14.3 Å². The van der Waals surface area contributed by atoms with Gasteiger partial charge in [0.15, 0.2) is 6.61 Å². The minimum absolute atomic E-state index is 0.138. The van der Waals surface area contributed by atoms with Crippen LogP contribution in [0.15, 0.2) is 72.8 Å². The number of likely N-dealkylation sites (N-methyl/N-ethyl adjacent to an activating group) is 1. The van der Waals surface area contributed by atoms with Crippen molar-refractivity contribution in [1.82, 2.24) is 10.2 Å². The van der Waals surface area contributed by atoms with Gasteiger partial charge >= 0.3 is 0 Å². The average molecular weight is 459 g/mol. The Morgan fingerprint density at radius 2 is 1.62 bits per heavy atom. The molecule has 0 aliphatic carbocycles. The molecule has 0 bridgehead atoms. The molecular formula is C29H34N2O3. The molecule has 178 valence electrons. The molecule has 0 saturated carbocycles. The van der Waals surface area contributed by atoms with Gasteiger partial charge in [-0.15, -0.1) is 0 Å². The van der Waals surface area contributed by atoms with Crippen LogP contribution in [0.5, 0.6) is 5.75 Å². The van der Waals surface area contributed by atoms with Crippen LogP contribution in [0.25, 0.3) is 0 Å². The van der Waals surface area contributed by atoms with Crippen LogP contribution in [0.2, 0.25) is 0 Å². The Balaban J connectivity index is 1.91. The molecule has 0 aliphatic rings. The highest BCUT2D eigenvalue weighted by molar-refractivity contribution is 5.88. The second-order valence-electron chi connectivity index (χ2n) is 8.61. The predicted molar refractivity (Wildman–Crippen MR) is 136 cm³/mol. The van der Waals surface area contributed by atoms with Gasteiger partial charge in [-0.3, -0.25) is 9.59 Å². The number of benzene rings is 3. The maximum Gasteiger partial charge on any atom is 0.261 e. The Morgan fingerprint density at radius 1 is 0.912 bits per heavy atom. The lowest BCUT2D eigenvalue weighted by Gasteiger charge is -2.32. The van der Waals surface area contributed by atoms with Gasteiger partial charge in [0.2, 0.25) is 5.91 Å². The van der Waals surface area contributed by atoms with Gasteiger partial charge < -0.3 is 15.0 Å². The molecule has 3 aromatic carbocycles. The summed E-state index contributed by atoms with van der Waals surface area (Å²) in [6, 6.07) is 23.0. The molecule has 5 nitrogen and oxygen atoms in total. The molecule has 34 heavy (non-hydrogen) atoms. The van der Waals surface area contributed by atoms with Crippen LogP contribution < -0.4 is 10.1 Å². The van der Waals surface area contributed by atoms with Crippen molar-refractivity contribution in [3.05, 3.63) is 101 Å². The van der Waals surface area contributed by atoms with Gasteiger partial charge in [0, 0.05) is 19.5 Å². The Bertz CT molecular complexity index is 1110. The van der Waals surface area contributed by atoms with Crippen molar-refractivity contribution in [2.24, 2.45) is 0 Å². The SMILES string of the molecule is CCNC(=O)[C@H](Cc1ccccc1)N(Cc1ccccc1C)C(=O)COc1ccc(C)cc1C. The maximum atomic E-state index is 13.6. The van der Waals surface area contributed by atoms with Crippen molar-refractivity contribution in [1.29, 1.82) is 0 Å². The van der Waals surface area contributed by atoms with Gasteiger partial charge in [-0.25, -0.2) is 0 Å². The Hall–Kier alpha value is -3.60. The smallest absolute Gasteiger partial charge is 0.261 e. The molecule has 5 heteroatoms. The number of nitrogens with zero attached hydrogens (tertiary/aromatic N) is 1. The van der Waals surface area contributed by atoms with Crippen molar-refractivity contribution in [2.45, 2.75) is 46.7 Å². The summed E-state index contributed by atoms with van der Waals surface area (Å²) >= 11 is 0. The summed E-state index contributed by atoms with van der Waals surface area (Å²) in [5.41, 5.74) is 5.19. The fourth-order valence-electron chi connectivity index (χ4n) is 4.00. The van der Waals surface area contributed by atoms with E-state index in [2.05, 4.69) is 5.32 Å². The molecular weight excluding hydrogens is 424 g/mol. The standard InChI is InChI=1S/C29H34N2O3/c1-5-30-29(33)26(18-24-12-7-6-8-13-24)31(19-25-14-10-9-11-22(25)3)28(32)20-34-27-16-15-21(2)17-23(27)4/h6-17,26H,5,18-20H2,1-4H3,(H,30,33)/t26-/m0/s1. The summed E-state index contributed by atoms with van der Waals surface area (Å²) in [5, 5.41) is 2.92. The van der Waals surface area contributed by atoms with E-state index in [4.69, 9.17) is 4.74 Å². The highest BCUT2D eigenvalue weighted by atomic mass is 16.5. The largest absolute Gasteiger partial charge is 0.483 e.